The summed E-state index contributed by atoms with van der Waals surface area (Å²) >= 11 is 0. The molecular formula is C10H17NO2. The fourth-order valence-electron chi connectivity index (χ4n) is 1.49. The van der Waals surface area contributed by atoms with E-state index < -0.39 is 0 Å². The molecule has 0 aromatic rings. The Morgan fingerprint density at radius 2 is 2.23 bits per heavy atom. The number of rotatable bonds is 3. The molecule has 3 heteroatoms. The Morgan fingerprint density at radius 1 is 1.62 bits per heavy atom. The highest BCUT2D eigenvalue weighted by Gasteiger charge is 2.28. The van der Waals surface area contributed by atoms with Gasteiger partial charge in [-0.05, 0) is 5.92 Å². The van der Waals surface area contributed by atoms with E-state index in [1.807, 2.05) is 20.8 Å². The number of Topliss-reactive ketones (excluding diaryl/α,β-unsaturated/α-hetero) is 1. The summed E-state index contributed by atoms with van der Waals surface area (Å²) in [5, 5.41) is 0. The molecule has 1 fully saturated rings. The summed E-state index contributed by atoms with van der Waals surface area (Å²) in [4.78, 5) is 24.3. The molecule has 0 N–H and O–H groups in total. The summed E-state index contributed by atoms with van der Waals surface area (Å²) in [6.45, 7) is 6.83. The standard InChI is InChI=1S/C10H17NO2/c1-7(2)9(12)6-11-5-8(3)4-10(11)13/h7-8H,4-6H2,1-3H3. The first-order valence-corrected chi connectivity index (χ1v) is 4.81. The fourth-order valence-corrected chi connectivity index (χ4v) is 1.49. The highest BCUT2D eigenvalue weighted by atomic mass is 16.2. The Balaban J connectivity index is 2.46. The van der Waals surface area contributed by atoms with E-state index in [-0.39, 0.29) is 17.6 Å². The number of likely N-dealkylation sites (tertiary alicyclic amines) is 1. The highest BCUT2D eigenvalue weighted by Crippen LogP contribution is 2.16. The fraction of sp³-hybridized carbons (Fsp3) is 0.800. The van der Waals surface area contributed by atoms with Gasteiger partial charge < -0.3 is 4.90 Å². The second-order valence-electron chi connectivity index (χ2n) is 4.20. The summed E-state index contributed by atoms with van der Waals surface area (Å²) < 4.78 is 0. The third-order valence-electron chi connectivity index (χ3n) is 2.40. The third-order valence-corrected chi connectivity index (χ3v) is 2.40. The van der Waals surface area contributed by atoms with Crippen LogP contribution in [-0.2, 0) is 9.59 Å². The molecule has 74 valence electrons. The van der Waals surface area contributed by atoms with Crippen LogP contribution in [0.4, 0.5) is 0 Å². The van der Waals surface area contributed by atoms with Gasteiger partial charge in [-0.2, -0.15) is 0 Å². The molecule has 1 aliphatic rings. The molecule has 1 aliphatic heterocycles. The van der Waals surface area contributed by atoms with E-state index in [9.17, 15) is 9.59 Å². The van der Waals surface area contributed by atoms with Gasteiger partial charge in [-0.1, -0.05) is 20.8 Å². The number of amides is 1. The average molecular weight is 183 g/mol. The van der Waals surface area contributed by atoms with Crippen LogP contribution in [0, 0.1) is 11.8 Å². The molecule has 0 bridgehead atoms. The van der Waals surface area contributed by atoms with E-state index in [0.29, 0.717) is 18.9 Å². The Bertz CT molecular complexity index is 223. The van der Waals surface area contributed by atoms with Crippen LogP contribution in [0.2, 0.25) is 0 Å². The van der Waals surface area contributed by atoms with Gasteiger partial charge in [0.05, 0.1) is 6.54 Å². The number of hydrogen-bond acceptors (Lipinski definition) is 2. The molecule has 0 aliphatic carbocycles. The molecule has 1 heterocycles. The molecule has 1 unspecified atom stereocenters. The van der Waals surface area contributed by atoms with Gasteiger partial charge in [-0.3, -0.25) is 9.59 Å². The van der Waals surface area contributed by atoms with Crippen molar-refractivity contribution < 1.29 is 9.59 Å². The van der Waals surface area contributed by atoms with Gasteiger partial charge in [-0.15, -0.1) is 0 Å². The van der Waals surface area contributed by atoms with Gasteiger partial charge in [0.15, 0.2) is 5.78 Å². The predicted octanol–water partition coefficient (Wildman–Crippen LogP) is 1.08. The van der Waals surface area contributed by atoms with Crippen molar-refractivity contribution in [2.24, 2.45) is 11.8 Å². The zero-order valence-electron chi connectivity index (χ0n) is 8.54. The molecule has 0 spiro atoms. The van der Waals surface area contributed by atoms with Crippen LogP contribution in [0.3, 0.4) is 0 Å². The normalized spacial score (nSPS) is 22.9. The van der Waals surface area contributed by atoms with Crippen LogP contribution in [0.25, 0.3) is 0 Å². The van der Waals surface area contributed by atoms with Gasteiger partial charge in [0.25, 0.3) is 0 Å². The van der Waals surface area contributed by atoms with Crippen LogP contribution in [-0.4, -0.2) is 29.7 Å². The van der Waals surface area contributed by atoms with Gasteiger partial charge in [0.1, 0.15) is 0 Å². The molecule has 13 heavy (non-hydrogen) atoms. The zero-order valence-corrected chi connectivity index (χ0v) is 8.54. The first kappa shape index (κ1) is 10.2. The summed E-state index contributed by atoms with van der Waals surface area (Å²) in [5.41, 5.74) is 0. The third kappa shape index (κ3) is 2.54. The molecule has 1 saturated heterocycles. The molecule has 0 aromatic heterocycles. The first-order valence-electron chi connectivity index (χ1n) is 4.81. The minimum absolute atomic E-state index is 0.0312. The van der Waals surface area contributed by atoms with Crippen molar-refractivity contribution in [1.29, 1.82) is 0 Å². The lowest BCUT2D eigenvalue weighted by Crippen LogP contribution is -2.33. The Morgan fingerprint density at radius 3 is 2.62 bits per heavy atom. The Kier molecular flexibility index (Phi) is 3.07. The molecule has 0 aromatic carbocycles. The van der Waals surface area contributed by atoms with Crippen molar-refractivity contribution in [2.45, 2.75) is 27.2 Å². The van der Waals surface area contributed by atoms with E-state index >= 15 is 0 Å². The summed E-state index contributed by atoms with van der Waals surface area (Å²) in [6.07, 6.45) is 0.603. The van der Waals surface area contributed by atoms with Crippen LogP contribution >= 0.6 is 0 Å². The Hall–Kier alpha value is -0.860. The Labute approximate surface area is 79.1 Å². The van der Waals surface area contributed by atoms with Crippen molar-refractivity contribution in [1.82, 2.24) is 4.90 Å². The number of carbonyl (C=O) groups excluding carboxylic acids is 2. The van der Waals surface area contributed by atoms with E-state index in [1.165, 1.54) is 0 Å². The maximum Gasteiger partial charge on any atom is 0.223 e. The van der Waals surface area contributed by atoms with E-state index in [1.54, 1.807) is 4.90 Å². The molecule has 0 saturated carbocycles. The summed E-state index contributed by atoms with van der Waals surface area (Å²) in [6, 6.07) is 0. The van der Waals surface area contributed by atoms with E-state index in [4.69, 9.17) is 0 Å². The van der Waals surface area contributed by atoms with E-state index in [2.05, 4.69) is 0 Å². The van der Waals surface area contributed by atoms with Crippen molar-refractivity contribution >= 4 is 11.7 Å². The minimum Gasteiger partial charge on any atom is -0.335 e. The van der Waals surface area contributed by atoms with Crippen molar-refractivity contribution in [3.8, 4) is 0 Å². The first-order chi connectivity index (χ1) is 6.00. The monoisotopic (exact) mass is 183 g/mol. The van der Waals surface area contributed by atoms with Gasteiger partial charge in [-0.25, -0.2) is 0 Å². The largest absolute Gasteiger partial charge is 0.335 e. The second-order valence-corrected chi connectivity index (χ2v) is 4.20. The van der Waals surface area contributed by atoms with Crippen molar-refractivity contribution in [3.63, 3.8) is 0 Å². The average Bonchev–Trinajstić information content (AvgIpc) is 2.30. The molecule has 1 rings (SSSR count). The van der Waals surface area contributed by atoms with Crippen LogP contribution in [0.5, 0.6) is 0 Å². The molecule has 1 amide bonds. The number of hydrogen-bond donors (Lipinski definition) is 0. The molecule has 3 nitrogen and oxygen atoms in total. The van der Waals surface area contributed by atoms with Gasteiger partial charge in [0.2, 0.25) is 5.91 Å². The van der Waals surface area contributed by atoms with E-state index in [0.717, 1.165) is 6.54 Å². The topological polar surface area (TPSA) is 37.4 Å². The van der Waals surface area contributed by atoms with Crippen molar-refractivity contribution in [2.75, 3.05) is 13.1 Å². The van der Waals surface area contributed by atoms with Gasteiger partial charge in [0, 0.05) is 18.9 Å². The highest BCUT2D eigenvalue weighted by molar-refractivity contribution is 5.88. The molecular weight excluding hydrogens is 166 g/mol. The zero-order chi connectivity index (χ0) is 10.0. The lowest BCUT2D eigenvalue weighted by Gasteiger charge is -2.16. The lowest BCUT2D eigenvalue weighted by molar-refractivity contribution is -0.133. The predicted molar refractivity (Wildman–Crippen MR) is 50.2 cm³/mol. The van der Waals surface area contributed by atoms with Gasteiger partial charge >= 0.3 is 0 Å². The number of carbonyl (C=O) groups is 2. The number of ketones is 1. The minimum atomic E-state index is 0.0312. The second kappa shape index (κ2) is 3.90. The van der Waals surface area contributed by atoms with Crippen LogP contribution in [0.1, 0.15) is 27.2 Å². The summed E-state index contributed by atoms with van der Waals surface area (Å²) in [5.74, 6) is 0.722. The maximum absolute atomic E-state index is 11.4. The maximum atomic E-state index is 11.4. The van der Waals surface area contributed by atoms with Crippen LogP contribution < -0.4 is 0 Å². The number of nitrogens with zero attached hydrogens (tertiary/aromatic N) is 1. The van der Waals surface area contributed by atoms with Crippen LogP contribution in [0.15, 0.2) is 0 Å². The quantitative estimate of drug-likeness (QED) is 0.656. The summed E-state index contributed by atoms with van der Waals surface area (Å²) in [7, 11) is 0. The SMILES string of the molecule is CC1CC(=O)N(CC(=O)C(C)C)C1. The molecule has 0 radical (unpaired) electrons. The lowest BCUT2D eigenvalue weighted by atomic mass is 10.1. The smallest absolute Gasteiger partial charge is 0.223 e. The molecule has 1 atom stereocenters. The van der Waals surface area contributed by atoms with Crippen molar-refractivity contribution in [3.05, 3.63) is 0 Å².